The summed E-state index contributed by atoms with van der Waals surface area (Å²) >= 11 is 0. The van der Waals surface area contributed by atoms with Crippen LogP contribution in [0.4, 0.5) is 26.2 Å². The van der Waals surface area contributed by atoms with E-state index in [4.69, 9.17) is 11.5 Å². The van der Waals surface area contributed by atoms with Gasteiger partial charge in [-0.05, 0) is 19.1 Å². The van der Waals surface area contributed by atoms with Gasteiger partial charge in [-0.15, -0.1) is 0 Å². The van der Waals surface area contributed by atoms with Crippen LogP contribution in [0.15, 0.2) is 36.5 Å². The molecule has 1 aromatic carbocycles. The topological polar surface area (TPSA) is 143 Å². The van der Waals surface area contributed by atoms with Gasteiger partial charge >= 0.3 is 0 Å². The molecule has 4 heterocycles. The summed E-state index contributed by atoms with van der Waals surface area (Å²) in [5.74, 6) is -0.848. The maximum absolute atomic E-state index is 13.6. The molecule has 2 aliphatic heterocycles. The normalized spacial score (nSPS) is 20.3. The second-order valence-electron chi connectivity index (χ2n) is 9.82. The third-order valence-corrected chi connectivity index (χ3v) is 7.13. The highest BCUT2D eigenvalue weighted by Crippen LogP contribution is 2.27. The number of benzene rings is 1. The van der Waals surface area contributed by atoms with Gasteiger partial charge in [0, 0.05) is 69.1 Å². The molecule has 0 bridgehead atoms. The zero-order chi connectivity index (χ0) is 27.7. The second kappa shape index (κ2) is 10.9. The first-order chi connectivity index (χ1) is 18.7. The number of aromatic nitrogens is 4. The Bertz CT molecular complexity index is 1370. The summed E-state index contributed by atoms with van der Waals surface area (Å²) in [7, 11) is 0. The fourth-order valence-corrected chi connectivity index (χ4v) is 5.09. The number of halogens is 2. The van der Waals surface area contributed by atoms with Crippen molar-refractivity contribution in [3.05, 3.63) is 59.4 Å². The number of primary amides is 1. The monoisotopic (exact) mass is 539 g/mol. The Balaban J connectivity index is 1.24. The van der Waals surface area contributed by atoms with Crippen molar-refractivity contribution in [2.75, 3.05) is 54.8 Å². The highest BCUT2D eigenvalue weighted by Gasteiger charge is 2.36. The van der Waals surface area contributed by atoms with E-state index in [1.807, 2.05) is 17.9 Å². The van der Waals surface area contributed by atoms with Crippen molar-refractivity contribution in [3.63, 3.8) is 0 Å². The number of aliphatic hydroxyl groups excluding tert-OH is 1. The Morgan fingerprint density at radius 2 is 1.79 bits per heavy atom. The number of hydrogen-bond acceptors (Lipinski definition) is 9. The summed E-state index contributed by atoms with van der Waals surface area (Å²) in [5.41, 5.74) is 13.8. The molecule has 1 unspecified atom stereocenters. The van der Waals surface area contributed by atoms with E-state index in [1.54, 1.807) is 21.8 Å². The Morgan fingerprint density at radius 3 is 2.49 bits per heavy atom. The maximum atomic E-state index is 13.6. The average Bonchev–Trinajstić information content (AvgIpc) is 3.46. The quantitative estimate of drug-likeness (QED) is 0.402. The molecular weight excluding hydrogens is 508 g/mol. The van der Waals surface area contributed by atoms with Crippen LogP contribution >= 0.6 is 0 Å². The SMILES string of the molecule is Cc1c(/C=C/CN2CCN(c3cc(F)cc(F)c3)CC2)cnn1-c1cc(N2C[C@H](O)CC2C(N)=O)nc(N)n1. The molecule has 13 heteroatoms. The van der Waals surface area contributed by atoms with Crippen LogP contribution in [0.3, 0.4) is 0 Å². The number of rotatable bonds is 7. The summed E-state index contributed by atoms with van der Waals surface area (Å²) in [4.78, 5) is 26.3. The molecule has 2 fully saturated rings. The van der Waals surface area contributed by atoms with Gasteiger partial charge in [-0.2, -0.15) is 15.1 Å². The summed E-state index contributed by atoms with van der Waals surface area (Å²) < 4.78 is 28.8. The number of nitrogen functional groups attached to an aromatic ring is 1. The van der Waals surface area contributed by atoms with Crippen LogP contribution < -0.4 is 21.3 Å². The number of amides is 1. The van der Waals surface area contributed by atoms with E-state index in [9.17, 15) is 18.7 Å². The minimum atomic E-state index is -0.697. The number of anilines is 3. The number of nitrogens with two attached hydrogens (primary N) is 2. The molecule has 39 heavy (non-hydrogen) atoms. The Labute approximate surface area is 224 Å². The number of hydrogen-bond donors (Lipinski definition) is 3. The number of carbonyl (C=O) groups excluding carboxylic acids is 1. The van der Waals surface area contributed by atoms with Crippen molar-refractivity contribution in [3.8, 4) is 5.82 Å². The minimum absolute atomic E-state index is 0.0132. The summed E-state index contributed by atoms with van der Waals surface area (Å²) in [6, 6.07) is 4.58. The molecule has 3 aromatic rings. The van der Waals surface area contributed by atoms with Gasteiger partial charge in [0.05, 0.1) is 18.0 Å². The number of aliphatic hydroxyl groups is 1. The van der Waals surface area contributed by atoms with Crippen LogP contribution in [0.2, 0.25) is 0 Å². The van der Waals surface area contributed by atoms with E-state index in [-0.39, 0.29) is 18.9 Å². The van der Waals surface area contributed by atoms with E-state index in [0.717, 1.165) is 30.4 Å². The number of carbonyl (C=O) groups is 1. The molecule has 5 N–H and O–H groups in total. The highest BCUT2D eigenvalue weighted by atomic mass is 19.1. The largest absolute Gasteiger partial charge is 0.391 e. The average molecular weight is 540 g/mol. The first kappa shape index (κ1) is 26.5. The second-order valence-corrected chi connectivity index (χ2v) is 9.82. The fraction of sp³-hybridized carbons (Fsp3) is 0.385. The van der Waals surface area contributed by atoms with Gasteiger partial charge in [-0.25, -0.2) is 13.5 Å². The van der Waals surface area contributed by atoms with Gasteiger partial charge in [0.15, 0.2) is 5.82 Å². The summed E-state index contributed by atoms with van der Waals surface area (Å²) in [6.07, 6.45) is 5.29. The Hall–Kier alpha value is -4.10. The smallest absolute Gasteiger partial charge is 0.240 e. The lowest BCUT2D eigenvalue weighted by Crippen LogP contribution is -2.46. The molecule has 0 radical (unpaired) electrons. The number of nitrogens with zero attached hydrogens (tertiary/aromatic N) is 7. The van der Waals surface area contributed by atoms with Gasteiger partial charge in [0.2, 0.25) is 11.9 Å². The molecule has 2 aliphatic rings. The van der Waals surface area contributed by atoms with Crippen molar-refractivity contribution in [1.82, 2.24) is 24.6 Å². The highest BCUT2D eigenvalue weighted by molar-refractivity contribution is 5.84. The van der Waals surface area contributed by atoms with Crippen molar-refractivity contribution in [2.24, 2.45) is 5.73 Å². The Kier molecular flexibility index (Phi) is 7.44. The van der Waals surface area contributed by atoms with Crippen molar-refractivity contribution >= 4 is 29.4 Å². The van der Waals surface area contributed by atoms with Crippen molar-refractivity contribution in [2.45, 2.75) is 25.5 Å². The van der Waals surface area contributed by atoms with E-state index in [2.05, 4.69) is 26.0 Å². The molecular formula is C26H31F2N9O2. The van der Waals surface area contributed by atoms with Gasteiger partial charge in [-0.3, -0.25) is 9.69 Å². The van der Waals surface area contributed by atoms with E-state index in [0.29, 0.717) is 37.0 Å². The van der Waals surface area contributed by atoms with Gasteiger partial charge in [-0.1, -0.05) is 12.2 Å². The third kappa shape index (κ3) is 5.83. The predicted molar refractivity (Wildman–Crippen MR) is 143 cm³/mol. The fourth-order valence-electron chi connectivity index (χ4n) is 5.09. The molecule has 0 aliphatic carbocycles. The molecule has 2 atom stereocenters. The van der Waals surface area contributed by atoms with E-state index < -0.39 is 29.7 Å². The van der Waals surface area contributed by atoms with Gasteiger partial charge in [0.1, 0.15) is 23.5 Å². The molecule has 0 spiro atoms. The summed E-state index contributed by atoms with van der Waals surface area (Å²) in [6.45, 7) is 5.72. The predicted octanol–water partition coefficient (Wildman–Crippen LogP) is 1.09. The number of β-amino-alcohol motifs (C(OH)–C–C–N with tert-alkyl or cyclic N) is 1. The van der Waals surface area contributed by atoms with E-state index >= 15 is 0 Å². The van der Waals surface area contributed by atoms with Crippen molar-refractivity contribution in [1.29, 1.82) is 0 Å². The first-order valence-corrected chi connectivity index (χ1v) is 12.7. The molecule has 11 nitrogen and oxygen atoms in total. The molecule has 0 saturated carbocycles. The van der Waals surface area contributed by atoms with Crippen LogP contribution in [0.25, 0.3) is 11.9 Å². The van der Waals surface area contributed by atoms with Crippen LogP contribution in [-0.2, 0) is 4.79 Å². The molecule has 1 amide bonds. The summed E-state index contributed by atoms with van der Waals surface area (Å²) in [5, 5.41) is 14.5. The lowest BCUT2D eigenvalue weighted by molar-refractivity contribution is -0.119. The standard InChI is InChI=1S/C26H31F2N9O2/c1-16-17(3-2-4-34-5-7-35(8-6-34)20-10-18(27)9-19(28)11-20)14-31-37(16)24-13-23(32-26(30)33-24)36-15-21(38)12-22(36)25(29)39/h2-3,9-11,13-14,21-22,38H,4-8,12,15H2,1H3,(H2,29,39)(H2,30,32,33)/b3-2+/t21-,22?/m1/s1. The first-order valence-electron chi connectivity index (χ1n) is 12.7. The third-order valence-electron chi connectivity index (χ3n) is 7.13. The lowest BCUT2D eigenvalue weighted by atomic mass is 10.2. The molecule has 5 rings (SSSR count). The van der Waals surface area contributed by atoms with Gasteiger partial charge in [0.25, 0.3) is 0 Å². The van der Waals surface area contributed by atoms with Crippen LogP contribution in [0.1, 0.15) is 17.7 Å². The molecule has 2 saturated heterocycles. The van der Waals surface area contributed by atoms with Crippen LogP contribution in [0.5, 0.6) is 0 Å². The molecule has 206 valence electrons. The zero-order valence-corrected chi connectivity index (χ0v) is 21.5. The minimum Gasteiger partial charge on any atom is -0.391 e. The van der Waals surface area contributed by atoms with Gasteiger partial charge < -0.3 is 26.4 Å². The number of piperazine rings is 1. The van der Waals surface area contributed by atoms with Crippen LogP contribution in [0, 0.1) is 18.6 Å². The zero-order valence-electron chi connectivity index (χ0n) is 21.5. The lowest BCUT2D eigenvalue weighted by Gasteiger charge is -2.35. The van der Waals surface area contributed by atoms with Crippen molar-refractivity contribution < 1.29 is 18.7 Å². The Morgan fingerprint density at radius 1 is 1.10 bits per heavy atom. The van der Waals surface area contributed by atoms with Crippen LogP contribution in [-0.4, -0.2) is 87.1 Å². The maximum Gasteiger partial charge on any atom is 0.240 e. The molecule has 2 aromatic heterocycles. The van der Waals surface area contributed by atoms with E-state index in [1.165, 1.54) is 12.1 Å².